The highest BCUT2D eigenvalue weighted by molar-refractivity contribution is 6.06. The first-order chi connectivity index (χ1) is 9.66. The van der Waals surface area contributed by atoms with Crippen LogP contribution in [0, 0.1) is 0 Å². The highest BCUT2D eigenvalue weighted by atomic mass is 35.5. The summed E-state index contributed by atoms with van der Waals surface area (Å²) in [5, 5.41) is 0. The fourth-order valence-electron chi connectivity index (χ4n) is 3.36. The molecule has 0 spiro atoms. The molecule has 1 aromatic rings. The predicted molar refractivity (Wildman–Crippen MR) is 84.2 cm³/mol. The second-order valence-electron chi connectivity index (χ2n) is 5.82. The summed E-state index contributed by atoms with van der Waals surface area (Å²) in [6, 6.07) is 7.42. The summed E-state index contributed by atoms with van der Waals surface area (Å²) in [4.78, 5) is 26.3. The molecule has 0 aromatic heterocycles. The van der Waals surface area contributed by atoms with E-state index in [4.69, 9.17) is 5.73 Å². The number of nitrogens with zero attached hydrogens (tertiary/aromatic N) is 1. The molecule has 5 heteroatoms. The van der Waals surface area contributed by atoms with E-state index < -0.39 is 0 Å². The number of carbonyl (C=O) groups excluding carboxylic acids is 2. The Hall–Kier alpha value is -1.55. The lowest BCUT2D eigenvalue weighted by atomic mass is 9.94. The van der Waals surface area contributed by atoms with Crippen LogP contribution in [0.15, 0.2) is 24.3 Å². The maximum atomic E-state index is 12.6. The van der Waals surface area contributed by atoms with Crippen LogP contribution in [-0.2, 0) is 9.59 Å². The highest BCUT2D eigenvalue weighted by Gasteiger charge is 2.42. The van der Waals surface area contributed by atoms with Crippen molar-refractivity contribution in [2.24, 2.45) is 0 Å². The SMILES string of the molecule is Cl.Nc1ccc(C2CC(=O)N(C3CCCCC3)C2=O)cc1. The third-order valence-electron chi connectivity index (χ3n) is 4.46. The van der Waals surface area contributed by atoms with Crippen molar-refractivity contribution in [1.82, 2.24) is 4.90 Å². The van der Waals surface area contributed by atoms with Gasteiger partial charge in [0.25, 0.3) is 0 Å². The normalized spacial score (nSPS) is 23.2. The summed E-state index contributed by atoms with van der Waals surface area (Å²) >= 11 is 0. The van der Waals surface area contributed by atoms with Gasteiger partial charge in [-0.15, -0.1) is 12.4 Å². The summed E-state index contributed by atoms with van der Waals surface area (Å²) < 4.78 is 0. The topological polar surface area (TPSA) is 63.4 Å². The van der Waals surface area contributed by atoms with Crippen molar-refractivity contribution in [3.8, 4) is 0 Å². The van der Waals surface area contributed by atoms with Crippen molar-refractivity contribution < 1.29 is 9.59 Å². The van der Waals surface area contributed by atoms with Gasteiger partial charge in [-0.2, -0.15) is 0 Å². The number of amides is 2. The van der Waals surface area contributed by atoms with Gasteiger partial charge in [-0.05, 0) is 30.5 Å². The molecular weight excluding hydrogens is 288 g/mol. The van der Waals surface area contributed by atoms with E-state index in [1.165, 1.54) is 6.42 Å². The molecule has 1 unspecified atom stereocenters. The number of nitrogen functional groups attached to an aromatic ring is 1. The van der Waals surface area contributed by atoms with Gasteiger partial charge in [0.15, 0.2) is 0 Å². The molecule has 1 aliphatic heterocycles. The fraction of sp³-hybridized carbons (Fsp3) is 0.500. The molecule has 2 fully saturated rings. The number of hydrogen-bond donors (Lipinski definition) is 1. The van der Waals surface area contributed by atoms with E-state index >= 15 is 0 Å². The van der Waals surface area contributed by atoms with E-state index in [0.29, 0.717) is 12.1 Å². The van der Waals surface area contributed by atoms with Gasteiger partial charge in [-0.3, -0.25) is 14.5 Å². The van der Waals surface area contributed by atoms with Crippen LogP contribution in [0.3, 0.4) is 0 Å². The molecule has 3 rings (SSSR count). The Morgan fingerprint density at radius 3 is 2.24 bits per heavy atom. The fourth-order valence-corrected chi connectivity index (χ4v) is 3.36. The lowest BCUT2D eigenvalue weighted by Crippen LogP contribution is -2.41. The molecule has 1 aliphatic carbocycles. The van der Waals surface area contributed by atoms with Crippen LogP contribution in [0.2, 0.25) is 0 Å². The highest BCUT2D eigenvalue weighted by Crippen LogP contribution is 2.34. The Labute approximate surface area is 131 Å². The Morgan fingerprint density at radius 1 is 1.00 bits per heavy atom. The van der Waals surface area contributed by atoms with Crippen LogP contribution >= 0.6 is 12.4 Å². The molecule has 4 nitrogen and oxygen atoms in total. The third kappa shape index (κ3) is 3.05. The minimum Gasteiger partial charge on any atom is -0.399 e. The largest absolute Gasteiger partial charge is 0.399 e. The monoisotopic (exact) mass is 308 g/mol. The quantitative estimate of drug-likeness (QED) is 0.675. The van der Waals surface area contributed by atoms with Crippen molar-refractivity contribution in [3.05, 3.63) is 29.8 Å². The zero-order chi connectivity index (χ0) is 14.1. The van der Waals surface area contributed by atoms with Crippen LogP contribution in [0.5, 0.6) is 0 Å². The number of hydrogen-bond acceptors (Lipinski definition) is 3. The van der Waals surface area contributed by atoms with E-state index in [2.05, 4.69) is 0 Å². The Balaban J connectivity index is 0.00000161. The predicted octanol–water partition coefficient (Wildman–Crippen LogP) is 2.87. The molecule has 0 radical (unpaired) electrons. The summed E-state index contributed by atoms with van der Waals surface area (Å²) in [6.07, 6.45) is 5.69. The first kappa shape index (κ1) is 15.8. The lowest BCUT2D eigenvalue weighted by Gasteiger charge is -2.29. The van der Waals surface area contributed by atoms with E-state index in [-0.39, 0.29) is 36.2 Å². The molecule has 1 saturated heterocycles. The van der Waals surface area contributed by atoms with Crippen LogP contribution < -0.4 is 5.73 Å². The van der Waals surface area contributed by atoms with Crippen LogP contribution in [-0.4, -0.2) is 22.8 Å². The number of likely N-dealkylation sites (tertiary alicyclic amines) is 1. The maximum absolute atomic E-state index is 12.6. The van der Waals surface area contributed by atoms with Gasteiger partial charge >= 0.3 is 0 Å². The van der Waals surface area contributed by atoms with Crippen molar-refractivity contribution in [1.29, 1.82) is 0 Å². The van der Waals surface area contributed by atoms with Gasteiger partial charge in [0.2, 0.25) is 11.8 Å². The number of anilines is 1. The van der Waals surface area contributed by atoms with E-state index in [9.17, 15) is 9.59 Å². The average molecular weight is 309 g/mol. The Morgan fingerprint density at radius 2 is 1.62 bits per heavy atom. The maximum Gasteiger partial charge on any atom is 0.237 e. The Kier molecular flexibility index (Phi) is 4.88. The van der Waals surface area contributed by atoms with Gasteiger partial charge in [0, 0.05) is 18.2 Å². The van der Waals surface area contributed by atoms with Crippen molar-refractivity contribution >= 4 is 29.9 Å². The molecular formula is C16H21ClN2O2. The number of rotatable bonds is 2. The van der Waals surface area contributed by atoms with Gasteiger partial charge in [0.05, 0.1) is 5.92 Å². The molecule has 2 amide bonds. The zero-order valence-electron chi connectivity index (χ0n) is 12.0. The summed E-state index contributed by atoms with van der Waals surface area (Å²) in [5.74, 6) is -0.347. The summed E-state index contributed by atoms with van der Waals surface area (Å²) in [5.41, 5.74) is 7.24. The van der Waals surface area contributed by atoms with E-state index in [1.54, 1.807) is 17.0 Å². The molecule has 1 saturated carbocycles. The number of carbonyl (C=O) groups is 2. The molecule has 2 aliphatic rings. The van der Waals surface area contributed by atoms with Crippen molar-refractivity contribution in [3.63, 3.8) is 0 Å². The van der Waals surface area contributed by atoms with Crippen molar-refractivity contribution in [2.75, 3.05) is 5.73 Å². The third-order valence-corrected chi connectivity index (χ3v) is 4.46. The summed E-state index contributed by atoms with van der Waals surface area (Å²) in [6.45, 7) is 0. The number of imide groups is 1. The van der Waals surface area contributed by atoms with Crippen LogP contribution in [0.1, 0.15) is 50.0 Å². The first-order valence-electron chi connectivity index (χ1n) is 7.38. The minimum absolute atomic E-state index is 0. The molecule has 21 heavy (non-hydrogen) atoms. The molecule has 1 aromatic carbocycles. The van der Waals surface area contributed by atoms with Crippen molar-refractivity contribution in [2.45, 2.75) is 50.5 Å². The lowest BCUT2D eigenvalue weighted by molar-refractivity contribution is -0.142. The minimum atomic E-state index is -0.315. The standard InChI is InChI=1S/C16H20N2O2.ClH/c17-12-8-6-11(7-9-12)14-10-15(19)18(16(14)20)13-4-2-1-3-5-13;/h6-9,13-14H,1-5,10,17H2;1H. The zero-order valence-corrected chi connectivity index (χ0v) is 12.8. The van der Waals surface area contributed by atoms with E-state index in [1.807, 2.05) is 12.1 Å². The number of halogens is 1. The second kappa shape index (κ2) is 6.48. The average Bonchev–Trinajstić information content (AvgIpc) is 2.76. The second-order valence-corrected chi connectivity index (χ2v) is 5.82. The summed E-state index contributed by atoms with van der Waals surface area (Å²) in [7, 11) is 0. The van der Waals surface area contributed by atoms with Gasteiger partial charge in [0.1, 0.15) is 0 Å². The van der Waals surface area contributed by atoms with Gasteiger partial charge in [-0.1, -0.05) is 31.4 Å². The van der Waals surface area contributed by atoms with E-state index in [0.717, 1.165) is 31.2 Å². The molecule has 1 heterocycles. The number of nitrogens with two attached hydrogens (primary N) is 1. The first-order valence-corrected chi connectivity index (χ1v) is 7.38. The molecule has 2 N–H and O–H groups in total. The molecule has 114 valence electrons. The Bertz CT molecular complexity index is 524. The molecule has 1 atom stereocenters. The van der Waals surface area contributed by atoms with Gasteiger partial charge in [-0.25, -0.2) is 0 Å². The number of benzene rings is 1. The molecule has 0 bridgehead atoms. The smallest absolute Gasteiger partial charge is 0.237 e. The van der Waals surface area contributed by atoms with Crippen LogP contribution in [0.25, 0.3) is 0 Å². The van der Waals surface area contributed by atoms with Gasteiger partial charge < -0.3 is 5.73 Å². The van der Waals surface area contributed by atoms with Crippen LogP contribution in [0.4, 0.5) is 5.69 Å².